The zero-order valence-corrected chi connectivity index (χ0v) is 13.2. The average Bonchev–Trinajstić information content (AvgIpc) is 2.41. The van der Waals surface area contributed by atoms with E-state index >= 15 is 0 Å². The monoisotopic (exact) mass is 328 g/mol. The van der Waals surface area contributed by atoms with Gasteiger partial charge in [0, 0.05) is 22.1 Å². The van der Waals surface area contributed by atoms with E-state index in [1.165, 1.54) is 6.07 Å². The molecule has 1 aliphatic rings. The fourth-order valence-electron chi connectivity index (χ4n) is 2.86. The number of likely N-dealkylation sites (tertiary alicyclic amines) is 1. The third-order valence-electron chi connectivity index (χ3n) is 4.27. The highest BCUT2D eigenvalue weighted by Gasteiger charge is 2.26. The molecule has 106 valence electrons. The molecule has 4 heteroatoms. The van der Waals surface area contributed by atoms with E-state index in [9.17, 15) is 4.39 Å². The van der Waals surface area contributed by atoms with Crippen LogP contribution in [0.4, 0.5) is 4.39 Å². The van der Waals surface area contributed by atoms with Gasteiger partial charge in [-0.15, -0.1) is 0 Å². The number of piperidine rings is 1. The van der Waals surface area contributed by atoms with E-state index in [-0.39, 0.29) is 17.9 Å². The summed E-state index contributed by atoms with van der Waals surface area (Å²) in [6, 6.07) is 5.54. The number of rotatable bonds is 3. The third-order valence-corrected chi connectivity index (χ3v) is 4.77. The minimum absolute atomic E-state index is 0.117. The second-order valence-electron chi connectivity index (χ2n) is 5.57. The summed E-state index contributed by atoms with van der Waals surface area (Å²) in [6.45, 7) is 6.16. The normalized spacial score (nSPS) is 21.3. The van der Waals surface area contributed by atoms with Crippen molar-refractivity contribution in [2.45, 2.75) is 38.8 Å². The summed E-state index contributed by atoms with van der Waals surface area (Å²) in [5.41, 5.74) is 6.73. The van der Waals surface area contributed by atoms with E-state index in [2.05, 4.69) is 34.7 Å². The maximum Gasteiger partial charge on any atom is 0.128 e. The van der Waals surface area contributed by atoms with Crippen LogP contribution in [-0.4, -0.2) is 24.0 Å². The Balaban J connectivity index is 2.05. The Morgan fingerprint density at radius 1 is 1.32 bits per heavy atom. The molecule has 1 saturated heterocycles. The second kappa shape index (κ2) is 6.33. The molecule has 2 nitrogen and oxygen atoms in total. The summed E-state index contributed by atoms with van der Waals surface area (Å²) >= 11 is 3.42. The first-order valence-corrected chi connectivity index (χ1v) is 7.73. The predicted octanol–water partition coefficient (Wildman–Crippen LogP) is 3.71. The number of hydrogen-bond acceptors (Lipinski definition) is 2. The minimum Gasteiger partial charge on any atom is -0.328 e. The molecule has 0 radical (unpaired) electrons. The number of benzene rings is 1. The van der Waals surface area contributed by atoms with Gasteiger partial charge in [-0.2, -0.15) is 0 Å². The molecule has 0 spiro atoms. The summed E-state index contributed by atoms with van der Waals surface area (Å²) in [5.74, 6) is 0.487. The summed E-state index contributed by atoms with van der Waals surface area (Å²) in [6.07, 6.45) is 2.22. The molecule has 2 atom stereocenters. The van der Waals surface area contributed by atoms with Gasteiger partial charge < -0.3 is 5.73 Å². The van der Waals surface area contributed by atoms with Gasteiger partial charge in [-0.25, -0.2) is 4.39 Å². The molecule has 0 aromatic heterocycles. The standard InChI is InChI=1S/C15H22BrFN2/c1-10(18)12-5-7-19(8-6-12)11(2)14-9-13(16)3-4-15(14)17/h3-4,9-12H,5-8,18H2,1-2H3. The van der Waals surface area contributed by atoms with Crippen LogP contribution in [0, 0.1) is 11.7 Å². The van der Waals surface area contributed by atoms with Gasteiger partial charge in [0.25, 0.3) is 0 Å². The predicted molar refractivity (Wildman–Crippen MR) is 80.5 cm³/mol. The lowest BCUT2D eigenvalue weighted by molar-refractivity contribution is 0.130. The molecule has 2 N–H and O–H groups in total. The first kappa shape index (κ1) is 14.9. The second-order valence-corrected chi connectivity index (χ2v) is 6.49. The van der Waals surface area contributed by atoms with Crippen molar-refractivity contribution in [3.8, 4) is 0 Å². The van der Waals surface area contributed by atoms with Crippen molar-refractivity contribution in [1.82, 2.24) is 4.90 Å². The van der Waals surface area contributed by atoms with Gasteiger partial charge in [-0.3, -0.25) is 4.90 Å². The Morgan fingerprint density at radius 2 is 1.95 bits per heavy atom. The van der Waals surface area contributed by atoms with Crippen molar-refractivity contribution in [3.63, 3.8) is 0 Å². The van der Waals surface area contributed by atoms with Crippen molar-refractivity contribution in [2.24, 2.45) is 11.7 Å². The molecule has 2 unspecified atom stereocenters. The molecule has 0 saturated carbocycles. The minimum atomic E-state index is -0.120. The van der Waals surface area contributed by atoms with Gasteiger partial charge in [-0.1, -0.05) is 15.9 Å². The topological polar surface area (TPSA) is 29.3 Å². The lowest BCUT2D eigenvalue weighted by Crippen LogP contribution is -2.40. The molecule has 1 aromatic carbocycles. The van der Waals surface area contributed by atoms with Crippen LogP contribution in [0.25, 0.3) is 0 Å². The van der Waals surface area contributed by atoms with Crippen LogP contribution in [-0.2, 0) is 0 Å². The molecule has 0 aliphatic carbocycles. The fourth-order valence-corrected chi connectivity index (χ4v) is 3.24. The molecular formula is C15H22BrFN2. The highest BCUT2D eigenvalue weighted by molar-refractivity contribution is 9.10. The van der Waals surface area contributed by atoms with Gasteiger partial charge in [0.2, 0.25) is 0 Å². The van der Waals surface area contributed by atoms with E-state index in [4.69, 9.17) is 5.73 Å². The molecule has 0 bridgehead atoms. The zero-order valence-electron chi connectivity index (χ0n) is 11.6. The van der Waals surface area contributed by atoms with Gasteiger partial charge in [0.05, 0.1) is 0 Å². The maximum atomic E-state index is 13.9. The molecule has 2 rings (SSSR count). The molecule has 1 heterocycles. The lowest BCUT2D eigenvalue weighted by Gasteiger charge is -2.37. The van der Waals surface area contributed by atoms with Crippen LogP contribution >= 0.6 is 15.9 Å². The quantitative estimate of drug-likeness (QED) is 0.916. The average molecular weight is 329 g/mol. The molecular weight excluding hydrogens is 307 g/mol. The highest BCUT2D eigenvalue weighted by atomic mass is 79.9. The lowest BCUT2D eigenvalue weighted by atomic mass is 9.89. The van der Waals surface area contributed by atoms with Crippen molar-refractivity contribution in [3.05, 3.63) is 34.1 Å². The van der Waals surface area contributed by atoms with Crippen molar-refractivity contribution >= 4 is 15.9 Å². The van der Waals surface area contributed by atoms with E-state index in [1.54, 1.807) is 6.07 Å². The SMILES string of the molecule is CC(N)C1CCN(C(C)c2cc(Br)ccc2F)CC1. The Morgan fingerprint density at radius 3 is 2.53 bits per heavy atom. The van der Waals surface area contributed by atoms with E-state index in [0.717, 1.165) is 36.0 Å². The van der Waals surface area contributed by atoms with Crippen LogP contribution in [0.5, 0.6) is 0 Å². The van der Waals surface area contributed by atoms with Crippen LogP contribution in [0.1, 0.15) is 38.3 Å². The molecule has 1 aliphatic heterocycles. The first-order valence-electron chi connectivity index (χ1n) is 6.93. The molecule has 0 amide bonds. The first-order chi connectivity index (χ1) is 8.99. The molecule has 19 heavy (non-hydrogen) atoms. The number of halogens is 2. The number of nitrogens with two attached hydrogens (primary N) is 1. The summed E-state index contributed by atoms with van der Waals surface area (Å²) in [7, 11) is 0. The largest absolute Gasteiger partial charge is 0.328 e. The third kappa shape index (κ3) is 3.56. The number of hydrogen-bond donors (Lipinski definition) is 1. The maximum absolute atomic E-state index is 13.9. The Bertz CT molecular complexity index is 428. The molecule has 1 aromatic rings. The van der Waals surface area contributed by atoms with E-state index < -0.39 is 0 Å². The zero-order chi connectivity index (χ0) is 14.0. The highest BCUT2D eigenvalue weighted by Crippen LogP contribution is 2.30. The summed E-state index contributed by atoms with van der Waals surface area (Å²) < 4.78 is 14.8. The van der Waals surface area contributed by atoms with Gasteiger partial charge in [0.15, 0.2) is 0 Å². The Labute approximate surface area is 123 Å². The van der Waals surface area contributed by atoms with Gasteiger partial charge in [-0.05, 0) is 63.9 Å². The van der Waals surface area contributed by atoms with Crippen molar-refractivity contribution in [1.29, 1.82) is 0 Å². The smallest absolute Gasteiger partial charge is 0.128 e. The Kier molecular flexibility index (Phi) is 4.98. The summed E-state index contributed by atoms with van der Waals surface area (Å²) in [5, 5.41) is 0. The van der Waals surface area contributed by atoms with E-state index in [0.29, 0.717) is 5.92 Å². The number of nitrogens with zero attached hydrogens (tertiary/aromatic N) is 1. The van der Waals surface area contributed by atoms with Crippen LogP contribution in [0.3, 0.4) is 0 Å². The Hall–Kier alpha value is -0.450. The van der Waals surface area contributed by atoms with Crippen LogP contribution < -0.4 is 5.73 Å². The van der Waals surface area contributed by atoms with E-state index in [1.807, 2.05) is 6.07 Å². The van der Waals surface area contributed by atoms with Gasteiger partial charge in [0.1, 0.15) is 5.82 Å². The van der Waals surface area contributed by atoms with Gasteiger partial charge >= 0.3 is 0 Å². The summed E-state index contributed by atoms with van der Waals surface area (Å²) in [4.78, 5) is 2.35. The van der Waals surface area contributed by atoms with Crippen molar-refractivity contribution < 1.29 is 4.39 Å². The fraction of sp³-hybridized carbons (Fsp3) is 0.600. The van der Waals surface area contributed by atoms with Crippen LogP contribution in [0.15, 0.2) is 22.7 Å². The van der Waals surface area contributed by atoms with Crippen molar-refractivity contribution in [2.75, 3.05) is 13.1 Å². The molecule has 1 fully saturated rings. The van der Waals surface area contributed by atoms with Crippen LogP contribution in [0.2, 0.25) is 0 Å².